The number of hydrogen-bond donors (Lipinski definition) is 3. The third kappa shape index (κ3) is 3.70. The lowest BCUT2D eigenvalue weighted by molar-refractivity contribution is 0.259. The molecule has 0 spiro atoms. The van der Waals surface area contributed by atoms with Crippen molar-refractivity contribution in [3.05, 3.63) is 24.0 Å². The van der Waals surface area contributed by atoms with Crippen molar-refractivity contribution < 1.29 is 9.50 Å². The highest BCUT2D eigenvalue weighted by molar-refractivity contribution is 5.53. The van der Waals surface area contributed by atoms with E-state index in [0.717, 1.165) is 6.42 Å². The molecule has 0 bridgehead atoms. The van der Waals surface area contributed by atoms with Gasteiger partial charge in [0.1, 0.15) is 5.82 Å². The Morgan fingerprint density at radius 3 is 2.62 bits per heavy atom. The largest absolute Gasteiger partial charge is 0.399 e. The van der Waals surface area contributed by atoms with Crippen molar-refractivity contribution in [2.75, 3.05) is 17.7 Å². The first-order valence-electron chi connectivity index (χ1n) is 5.45. The average molecular weight is 226 g/mol. The summed E-state index contributed by atoms with van der Waals surface area (Å²) in [6.45, 7) is 4.11. The van der Waals surface area contributed by atoms with Gasteiger partial charge in [-0.15, -0.1) is 0 Å². The summed E-state index contributed by atoms with van der Waals surface area (Å²) in [7, 11) is 0. The van der Waals surface area contributed by atoms with E-state index in [9.17, 15) is 9.50 Å². The van der Waals surface area contributed by atoms with Crippen LogP contribution in [0.1, 0.15) is 20.3 Å². The monoisotopic (exact) mass is 226 g/mol. The molecule has 90 valence electrons. The number of aliphatic hydroxyl groups is 1. The number of benzene rings is 1. The van der Waals surface area contributed by atoms with Gasteiger partial charge < -0.3 is 16.2 Å². The summed E-state index contributed by atoms with van der Waals surface area (Å²) in [4.78, 5) is 0. The van der Waals surface area contributed by atoms with E-state index in [2.05, 4.69) is 19.2 Å². The smallest absolute Gasteiger partial charge is 0.148 e. The highest BCUT2D eigenvalue weighted by Gasteiger charge is 2.11. The summed E-state index contributed by atoms with van der Waals surface area (Å²) >= 11 is 0. The van der Waals surface area contributed by atoms with Crippen LogP contribution in [0.2, 0.25) is 0 Å². The average Bonchev–Trinajstić information content (AvgIpc) is 2.20. The number of nitrogens with two attached hydrogens (primary N) is 1. The summed E-state index contributed by atoms with van der Waals surface area (Å²) in [6, 6.07) is 4.37. The van der Waals surface area contributed by atoms with E-state index < -0.39 is 0 Å². The van der Waals surface area contributed by atoms with Crippen LogP contribution in [0.15, 0.2) is 18.2 Å². The topological polar surface area (TPSA) is 58.3 Å². The van der Waals surface area contributed by atoms with Crippen molar-refractivity contribution in [3.8, 4) is 0 Å². The SMILES string of the molecule is CC(C)CC(CO)Nc1ccc(N)cc1F. The van der Waals surface area contributed by atoms with Crippen molar-refractivity contribution in [1.82, 2.24) is 0 Å². The van der Waals surface area contributed by atoms with Crippen molar-refractivity contribution in [1.29, 1.82) is 0 Å². The van der Waals surface area contributed by atoms with Gasteiger partial charge in [-0.05, 0) is 30.5 Å². The van der Waals surface area contributed by atoms with Crippen molar-refractivity contribution in [3.63, 3.8) is 0 Å². The molecule has 1 unspecified atom stereocenters. The van der Waals surface area contributed by atoms with Gasteiger partial charge in [-0.2, -0.15) is 0 Å². The number of anilines is 2. The zero-order valence-electron chi connectivity index (χ0n) is 9.70. The van der Waals surface area contributed by atoms with Crippen molar-refractivity contribution >= 4 is 11.4 Å². The molecule has 0 fully saturated rings. The van der Waals surface area contributed by atoms with Gasteiger partial charge >= 0.3 is 0 Å². The fourth-order valence-corrected chi connectivity index (χ4v) is 1.62. The van der Waals surface area contributed by atoms with Crippen LogP contribution in [-0.2, 0) is 0 Å². The molecule has 1 aromatic rings. The number of nitrogens with one attached hydrogen (secondary N) is 1. The Hall–Kier alpha value is -1.29. The summed E-state index contributed by atoms with van der Waals surface area (Å²) in [6.07, 6.45) is 0.792. The lowest BCUT2D eigenvalue weighted by Crippen LogP contribution is -2.26. The van der Waals surface area contributed by atoms with Gasteiger partial charge in [0.25, 0.3) is 0 Å². The molecule has 0 aromatic heterocycles. The maximum atomic E-state index is 13.5. The molecule has 0 aliphatic heterocycles. The Morgan fingerprint density at radius 1 is 1.44 bits per heavy atom. The van der Waals surface area contributed by atoms with Crippen LogP contribution in [0.25, 0.3) is 0 Å². The normalized spacial score (nSPS) is 12.8. The molecule has 1 aromatic carbocycles. The van der Waals surface area contributed by atoms with E-state index in [4.69, 9.17) is 5.73 Å². The Labute approximate surface area is 95.5 Å². The second kappa shape index (κ2) is 5.70. The summed E-state index contributed by atoms with van der Waals surface area (Å²) in [5, 5.41) is 12.1. The van der Waals surface area contributed by atoms with E-state index in [1.54, 1.807) is 12.1 Å². The molecular formula is C12H19FN2O. The first-order chi connectivity index (χ1) is 7.52. The zero-order valence-corrected chi connectivity index (χ0v) is 9.70. The molecule has 0 radical (unpaired) electrons. The number of rotatable bonds is 5. The van der Waals surface area contributed by atoms with Crippen LogP contribution >= 0.6 is 0 Å². The maximum absolute atomic E-state index is 13.5. The molecule has 1 atom stereocenters. The van der Waals surface area contributed by atoms with Crippen LogP contribution < -0.4 is 11.1 Å². The van der Waals surface area contributed by atoms with Gasteiger partial charge in [-0.1, -0.05) is 13.8 Å². The second-order valence-corrected chi connectivity index (χ2v) is 4.39. The van der Waals surface area contributed by atoms with Gasteiger partial charge in [0.2, 0.25) is 0 Å². The van der Waals surface area contributed by atoms with E-state index >= 15 is 0 Å². The highest BCUT2D eigenvalue weighted by atomic mass is 19.1. The molecule has 0 aliphatic carbocycles. The minimum Gasteiger partial charge on any atom is -0.399 e. The van der Waals surface area contributed by atoms with Crippen LogP contribution in [-0.4, -0.2) is 17.8 Å². The molecule has 0 saturated heterocycles. The molecule has 0 heterocycles. The zero-order chi connectivity index (χ0) is 12.1. The molecule has 4 heteroatoms. The fraction of sp³-hybridized carbons (Fsp3) is 0.500. The van der Waals surface area contributed by atoms with E-state index in [-0.39, 0.29) is 18.5 Å². The Bertz CT molecular complexity index is 342. The third-order valence-corrected chi connectivity index (χ3v) is 2.33. The fourth-order valence-electron chi connectivity index (χ4n) is 1.62. The minimum absolute atomic E-state index is 0.0119. The molecule has 3 nitrogen and oxygen atoms in total. The molecule has 1 rings (SSSR count). The van der Waals surface area contributed by atoms with Crippen molar-refractivity contribution in [2.45, 2.75) is 26.3 Å². The minimum atomic E-state index is -0.387. The number of hydrogen-bond acceptors (Lipinski definition) is 3. The van der Waals surface area contributed by atoms with Gasteiger partial charge in [-0.25, -0.2) is 4.39 Å². The first-order valence-corrected chi connectivity index (χ1v) is 5.45. The quantitative estimate of drug-likeness (QED) is 0.675. The summed E-state index contributed by atoms with van der Waals surface area (Å²) in [5.74, 6) is 0.0590. The number of halogens is 1. The van der Waals surface area contributed by atoms with Crippen LogP contribution in [0, 0.1) is 11.7 Å². The first kappa shape index (κ1) is 12.8. The standard InChI is InChI=1S/C12H19FN2O/c1-8(2)5-10(7-16)15-12-4-3-9(14)6-11(12)13/h3-4,6,8,10,15-16H,5,7,14H2,1-2H3. The van der Waals surface area contributed by atoms with Crippen LogP contribution in [0.5, 0.6) is 0 Å². The van der Waals surface area contributed by atoms with Gasteiger partial charge in [0.05, 0.1) is 12.3 Å². The Morgan fingerprint density at radius 2 is 2.12 bits per heavy atom. The van der Waals surface area contributed by atoms with E-state index in [1.165, 1.54) is 6.07 Å². The lowest BCUT2D eigenvalue weighted by Gasteiger charge is -2.19. The predicted molar refractivity (Wildman–Crippen MR) is 64.8 cm³/mol. The number of nitrogen functional groups attached to an aromatic ring is 1. The van der Waals surface area contributed by atoms with Gasteiger partial charge in [0, 0.05) is 11.7 Å². The van der Waals surface area contributed by atoms with Gasteiger partial charge in [-0.3, -0.25) is 0 Å². The molecule has 4 N–H and O–H groups in total. The molecule has 0 saturated carbocycles. The second-order valence-electron chi connectivity index (χ2n) is 4.39. The van der Waals surface area contributed by atoms with E-state index in [0.29, 0.717) is 17.3 Å². The molecule has 0 aliphatic rings. The predicted octanol–water partition coefficient (Wildman–Crippen LogP) is 2.23. The molecule has 16 heavy (non-hydrogen) atoms. The lowest BCUT2D eigenvalue weighted by atomic mass is 10.0. The molecular weight excluding hydrogens is 207 g/mol. The van der Waals surface area contributed by atoms with Crippen LogP contribution in [0.3, 0.4) is 0 Å². The van der Waals surface area contributed by atoms with Gasteiger partial charge in [0.15, 0.2) is 0 Å². The highest BCUT2D eigenvalue weighted by Crippen LogP contribution is 2.19. The Kier molecular flexibility index (Phi) is 4.55. The van der Waals surface area contributed by atoms with Crippen molar-refractivity contribution in [2.24, 2.45) is 5.92 Å². The third-order valence-electron chi connectivity index (χ3n) is 2.33. The maximum Gasteiger partial charge on any atom is 0.148 e. The van der Waals surface area contributed by atoms with Crippen LogP contribution in [0.4, 0.5) is 15.8 Å². The van der Waals surface area contributed by atoms with E-state index in [1.807, 2.05) is 0 Å². The Balaban J connectivity index is 2.70. The molecule has 0 amide bonds. The summed E-state index contributed by atoms with van der Waals surface area (Å²) in [5.41, 5.74) is 6.23. The summed E-state index contributed by atoms with van der Waals surface area (Å²) < 4.78 is 13.5. The number of aliphatic hydroxyl groups excluding tert-OH is 1.